The Kier molecular flexibility index (Phi) is 5.13. The summed E-state index contributed by atoms with van der Waals surface area (Å²) in [4.78, 5) is 4.60. The first-order chi connectivity index (χ1) is 10.0. The van der Waals surface area contributed by atoms with Gasteiger partial charge in [0.05, 0.1) is 11.7 Å². The highest BCUT2D eigenvalue weighted by Gasteiger charge is 2.17. The Hall–Kier alpha value is -1.67. The van der Waals surface area contributed by atoms with E-state index in [2.05, 4.69) is 63.1 Å². The van der Waals surface area contributed by atoms with E-state index in [0.29, 0.717) is 0 Å². The number of benzene rings is 1. The van der Waals surface area contributed by atoms with E-state index in [9.17, 15) is 0 Å². The van der Waals surface area contributed by atoms with Gasteiger partial charge in [0.15, 0.2) is 0 Å². The van der Waals surface area contributed by atoms with Crippen LogP contribution < -0.4 is 5.32 Å². The van der Waals surface area contributed by atoms with Gasteiger partial charge in [-0.3, -0.25) is 4.98 Å². The molecule has 112 valence electrons. The molecule has 0 aliphatic heterocycles. The number of pyridine rings is 1. The van der Waals surface area contributed by atoms with Gasteiger partial charge in [-0.05, 0) is 80.6 Å². The van der Waals surface area contributed by atoms with Crippen LogP contribution in [0.1, 0.15) is 52.9 Å². The molecule has 1 aromatic carbocycles. The van der Waals surface area contributed by atoms with Crippen molar-refractivity contribution in [2.75, 3.05) is 6.54 Å². The summed E-state index contributed by atoms with van der Waals surface area (Å²) < 4.78 is 0. The highest BCUT2D eigenvalue weighted by Crippen LogP contribution is 2.26. The zero-order chi connectivity index (χ0) is 15.4. The fourth-order valence-corrected chi connectivity index (χ4v) is 2.67. The Labute approximate surface area is 128 Å². The standard InChI is InChI=1S/C19H26N2/c1-6-8-21-19(18-10-13(2)7-9-20-18)17-12-15(4)14(3)11-16(17)5/h7,9-12,19,21H,6,8H2,1-5H3. The first-order valence-electron chi connectivity index (χ1n) is 7.76. The van der Waals surface area contributed by atoms with Gasteiger partial charge in [-0.1, -0.05) is 19.1 Å². The second kappa shape index (κ2) is 6.86. The fourth-order valence-electron chi connectivity index (χ4n) is 2.67. The lowest BCUT2D eigenvalue weighted by Crippen LogP contribution is -2.25. The number of nitrogens with one attached hydrogen (secondary N) is 1. The summed E-state index contributed by atoms with van der Waals surface area (Å²) in [5, 5.41) is 3.65. The van der Waals surface area contributed by atoms with Gasteiger partial charge in [0.1, 0.15) is 0 Å². The van der Waals surface area contributed by atoms with Crippen molar-refractivity contribution in [1.82, 2.24) is 10.3 Å². The molecule has 0 aliphatic rings. The van der Waals surface area contributed by atoms with Crippen LogP contribution in [0.4, 0.5) is 0 Å². The van der Waals surface area contributed by atoms with Gasteiger partial charge in [0.25, 0.3) is 0 Å². The molecule has 0 radical (unpaired) electrons. The summed E-state index contributed by atoms with van der Waals surface area (Å²) in [7, 11) is 0. The minimum atomic E-state index is 0.171. The van der Waals surface area contributed by atoms with E-state index < -0.39 is 0 Å². The minimum Gasteiger partial charge on any atom is -0.305 e. The molecule has 1 atom stereocenters. The molecule has 0 saturated carbocycles. The van der Waals surface area contributed by atoms with Crippen LogP contribution in [-0.2, 0) is 0 Å². The SMILES string of the molecule is CCCNC(c1cc(C)ccn1)c1cc(C)c(C)cc1C. The van der Waals surface area contributed by atoms with Crippen molar-refractivity contribution in [1.29, 1.82) is 0 Å². The summed E-state index contributed by atoms with van der Waals surface area (Å²) in [6.45, 7) is 11.9. The summed E-state index contributed by atoms with van der Waals surface area (Å²) in [5.41, 5.74) is 7.72. The average Bonchev–Trinajstić information content (AvgIpc) is 2.44. The molecule has 2 nitrogen and oxygen atoms in total. The normalized spacial score (nSPS) is 12.4. The Morgan fingerprint density at radius 2 is 1.71 bits per heavy atom. The lowest BCUT2D eigenvalue weighted by Gasteiger charge is -2.22. The van der Waals surface area contributed by atoms with Crippen LogP contribution in [0.5, 0.6) is 0 Å². The molecular formula is C19H26N2. The molecule has 0 aliphatic carbocycles. The molecule has 1 heterocycles. The number of aryl methyl sites for hydroxylation is 4. The van der Waals surface area contributed by atoms with E-state index in [0.717, 1.165) is 18.7 Å². The maximum Gasteiger partial charge on any atom is 0.0754 e. The van der Waals surface area contributed by atoms with E-state index in [1.54, 1.807) is 0 Å². The number of rotatable bonds is 5. The Bertz CT molecular complexity index is 617. The monoisotopic (exact) mass is 282 g/mol. The van der Waals surface area contributed by atoms with Crippen LogP contribution in [0.15, 0.2) is 30.5 Å². The highest BCUT2D eigenvalue weighted by atomic mass is 14.9. The van der Waals surface area contributed by atoms with E-state index in [1.807, 2.05) is 12.3 Å². The molecule has 21 heavy (non-hydrogen) atoms. The minimum absolute atomic E-state index is 0.171. The van der Waals surface area contributed by atoms with E-state index >= 15 is 0 Å². The van der Waals surface area contributed by atoms with Gasteiger partial charge < -0.3 is 5.32 Å². The number of nitrogens with zero attached hydrogens (tertiary/aromatic N) is 1. The molecule has 1 unspecified atom stereocenters. The van der Waals surface area contributed by atoms with Crippen molar-refractivity contribution in [2.45, 2.75) is 47.1 Å². The first kappa shape index (κ1) is 15.7. The topological polar surface area (TPSA) is 24.9 Å². The molecule has 0 bridgehead atoms. The van der Waals surface area contributed by atoms with Crippen molar-refractivity contribution in [3.8, 4) is 0 Å². The second-order valence-electron chi connectivity index (χ2n) is 5.94. The number of hydrogen-bond donors (Lipinski definition) is 1. The summed E-state index contributed by atoms with van der Waals surface area (Å²) in [5.74, 6) is 0. The van der Waals surface area contributed by atoms with E-state index in [4.69, 9.17) is 0 Å². The van der Waals surface area contributed by atoms with Crippen LogP contribution in [-0.4, -0.2) is 11.5 Å². The number of hydrogen-bond acceptors (Lipinski definition) is 2. The molecule has 2 heteroatoms. The smallest absolute Gasteiger partial charge is 0.0754 e. The van der Waals surface area contributed by atoms with Gasteiger partial charge in [-0.25, -0.2) is 0 Å². The lowest BCUT2D eigenvalue weighted by atomic mass is 9.93. The maximum absolute atomic E-state index is 4.60. The third-order valence-corrected chi connectivity index (χ3v) is 4.02. The Morgan fingerprint density at radius 1 is 1.00 bits per heavy atom. The van der Waals surface area contributed by atoms with Gasteiger partial charge in [0.2, 0.25) is 0 Å². The van der Waals surface area contributed by atoms with Crippen LogP contribution >= 0.6 is 0 Å². The molecule has 2 rings (SSSR count). The van der Waals surface area contributed by atoms with Gasteiger partial charge >= 0.3 is 0 Å². The maximum atomic E-state index is 4.60. The van der Waals surface area contributed by atoms with Crippen LogP contribution in [0, 0.1) is 27.7 Å². The molecule has 0 spiro atoms. The molecule has 0 saturated heterocycles. The predicted molar refractivity (Wildman–Crippen MR) is 89.8 cm³/mol. The molecule has 1 N–H and O–H groups in total. The van der Waals surface area contributed by atoms with Crippen LogP contribution in [0.2, 0.25) is 0 Å². The van der Waals surface area contributed by atoms with Crippen LogP contribution in [0.3, 0.4) is 0 Å². The van der Waals surface area contributed by atoms with E-state index in [-0.39, 0.29) is 6.04 Å². The third kappa shape index (κ3) is 3.70. The first-order valence-corrected chi connectivity index (χ1v) is 7.76. The largest absolute Gasteiger partial charge is 0.305 e. The van der Waals surface area contributed by atoms with Crippen molar-refractivity contribution >= 4 is 0 Å². The van der Waals surface area contributed by atoms with Gasteiger partial charge in [0, 0.05) is 6.20 Å². The van der Waals surface area contributed by atoms with Crippen molar-refractivity contribution in [2.24, 2.45) is 0 Å². The zero-order valence-corrected chi connectivity index (χ0v) is 13.8. The average molecular weight is 282 g/mol. The summed E-state index contributed by atoms with van der Waals surface area (Å²) in [6.07, 6.45) is 3.02. The quantitative estimate of drug-likeness (QED) is 0.879. The summed E-state index contributed by atoms with van der Waals surface area (Å²) in [6, 6.07) is 8.99. The van der Waals surface area contributed by atoms with Crippen molar-refractivity contribution < 1.29 is 0 Å². The Morgan fingerprint density at radius 3 is 2.38 bits per heavy atom. The molecule has 0 fully saturated rings. The Balaban J connectivity index is 2.47. The van der Waals surface area contributed by atoms with Gasteiger partial charge in [-0.2, -0.15) is 0 Å². The van der Waals surface area contributed by atoms with Crippen LogP contribution in [0.25, 0.3) is 0 Å². The van der Waals surface area contributed by atoms with Crippen molar-refractivity contribution in [3.05, 3.63) is 64.0 Å². The highest BCUT2D eigenvalue weighted by molar-refractivity contribution is 5.41. The predicted octanol–water partition coefficient (Wildman–Crippen LogP) is 4.40. The molecule has 2 aromatic rings. The molecule has 1 aromatic heterocycles. The fraction of sp³-hybridized carbons (Fsp3) is 0.421. The molecule has 0 amide bonds. The molecular weight excluding hydrogens is 256 g/mol. The summed E-state index contributed by atoms with van der Waals surface area (Å²) >= 11 is 0. The zero-order valence-electron chi connectivity index (χ0n) is 13.8. The number of aromatic nitrogens is 1. The van der Waals surface area contributed by atoms with E-state index in [1.165, 1.54) is 27.8 Å². The van der Waals surface area contributed by atoms with Gasteiger partial charge in [-0.15, -0.1) is 0 Å². The lowest BCUT2D eigenvalue weighted by molar-refractivity contribution is 0.583. The third-order valence-electron chi connectivity index (χ3n) is 4.02. The second-order valence-corrected chi connectivity index (χ2v) is 5.94. The van der Waals surface area contributed by atoms with Crippen molar-refractivity contribution in [3.63, 3.8) is 0 Å².